The number of carboxylic acids is 1. The summed E-state index contributed by atoms with van der Waals surface area (Å²) in [5.41, 5.74) is 0.884. The van der Waals surface area contributed by atoms with E-state index in [0.717, 1.165) is 17.1 Å². The number of benzene rings is 1. The van der Waals surface area contributed by atoms with Gasteiger partial charge < -0.3 is 10.4 Å². The zero-order valence-corrected chi connectivity index (χ0v) is 11.6. The molecule has 1 heterocycles. The fourth-order valence-corrected chi connectivity index (χ4v) is 2.18. The Labute approximate surface area is 119 Å². The monoisotopic (exact) mass is 291 g/mol. The topological polar surface area (TPSA) is 92.2 Å². The Morgan fingerprint density at radius 1 is 1.35 bits per heavy atom. The van der Waals surface area contributed by atoms with Crippen LogP contribution in [-0.4, -0.2) is 32.4 Å². The Hall–Kier alpha value is -2.28. The molecule has 7 heteroatoms. The summed E-state index contributed by atoms with van der Waals surface area (Å²) in [5.74, 6) is -0.874. The van der Waals surface area contributed by atoms with Gasteiger partial charge in [-0.3, -0.25) is 9.59 Å². The van der Waals surface area contributed by atoms with E-state index in [2.05, 4.69) is 14.7 Å². The number of carboxylic acid groups (broad SMARTS) is 1. The molecule has 0 unspecified atom stereocenters. The standard InChI is InChI=1S/C13H13N3O3S/c1-8(13(18)19)14-10(17)7-11-15-12(16-20-11)9-5-3-2-4-6-9/h2-6,8H,7H2,1H3,(H,14,17)(H,18,19)/t8-/m0/s1. The Morgan fingerprint density at radius 2 is 2.05 bits per heavy atom. The fraction of sp³-hybridized carbons (Fsp3) is 0.231. The molecule has 20 heavy (non-hydrogen) atoms. The van der Waals surface area contributed by atoms with Crippen molar-refractivity contribution < 1.29 is 14.7 Å². The van der Waals surface area contributed by atoms with E-state index in [1.807, 2.05) is 30.3 Å². The van der Waals surface area contributed by atoms with Gasteiger partial charge in [-0.25, -0.2) is 4.98 Å². The number of nitrogens with zero attached hydrogens (tertiary/aromatic N) is 2. The Kier molecular flexibility index (Phi) is 4.41. The van der Waals surface area contributed by atoms with Crippen LogP contribution in [0.15, 0.2) is 30.3 Å². The van der Waals surface area contributed by atoms with Crippen LogP contribution in [0, 0.1) is 0 Å². The van der Waals surface area contributed by atoms with Crippen molar-refractivity contribution in [1.82, 2.24) is 14.7 Å². The lowest BCUT2D eigenvalue weighted by molar-refractivity contribution is -0.141. The summed E-state index contributed by atoms with van der Waals surface area (Å²) in [4.78, 5) is 26.5. The van der Waals surface area contributed by atoms with Crippen molar-refractivity contribution in [2.45, 2.75) is 19.4 Å². The highest BCUT2D eigenvalue weighted by molar-refractivity contribution is 7.05. The highest BCUT2D eigenvalue weighted by Gasteiger charge is 2.16. The van der Waals surface area contributed by atoms with Gasteiger partial charge in [0.15, 0.2) is 5.82 Å². The molecule has 0 saturated heterocycles. The molecule has 0 radical (unpaired) electrons. The maximum absolute atomic E-state index is 11.6. The average Bonchev–Trinajstić information content (AvgIpc) is 2.88. The third-order valence-electron chi connectivity index (χ3n) is 2.56. The quantitative estimate of drug-likeness (QED) is 0.867. The summed E-state index contributed by atoms with van der Waals surface area (Å²) in [5, 5.41) is 11.6. The molecule has 0 aliphatic carbocycles. The number of aromatic nitrogens is 2. The first-order valence-electron chi connectivity index (χ1n) is 5.96. The van der Waals surface area contributed by atoms with Gasteiger partial charge in [-0.1, -0.05) is 30.3 Å². The Balaban J connectivity index is 2.00. The SMILES string of the molecule is C[C@H](NC(=O)Cc1nc(-c2ccccc2)ns1)C(=O)O. The molecule has 1 amide bonds. The van der Waals surface area contributed by atoms with Crippen LogP contribution < -0.4 is 5.32 Å². The predicted octanol–water partition coefficient (Wildman–Crippen LogP) is 1.34. The lowest BCUT2D eigenvalue weighted by Crippen LogP contribution is -2.39. The van der Waals surface area contributed by atoms with E-state index in [0.29, 0.717) is 10.8 Å². The van der Waals surface area contributed by atoms with Crippen molar-refractivity contribution in [1.29, 1.82) is 0 Å². The second kappa shape index (κ2) is 6.25. The lowest BCUT2D eigenvalue weighted by atomic mass is 10.2. The third kappa shape index (κ3) is 3.61. The van der Waals surface area contributed by atoms with Crippen LogP contribution in [0.1, 0.15) is 11.9 Å². The van der Waals surface area contributed by atoms with Crippen LogP contribution in [0.4, 0.5) is 0 Å². The zero-order valence-electron chi connectivity index (χ0n) is 10.7. The van der Waals surface area contributed by atoms with Gasteiger partial charge in [0.1, 0.15) is 11.0 Å². The molecule has 0 spiro atoms. The van der Waals surface area contributed by atoms with Crippen molar-refractivity contribution in [2.75, 3.05) is 0 Å². The number of amides is 1. The Morgan fingerprint density at radius 3 is 2.70 bits per heavy atom. The zero-order chi connectivity index (χ0) is 14.5. The number of aliphatic carboxylic acids is 1. The van der Waals surface area contributed by atoms with Gasteiger partial charge in [0.2, 0.25) is 5.91 Å². The minimum Gasteiger partial charge on any atom is -0.480 e. The summed E-state index contributed by atoms with van der Waals surface area (Å²) in [7, 11) is 0. The summed E-state index contributed by atoms with van der Waals surface area (Å²) < 4.78 is 4.19. The first-order chi connectivity index (χ1) is 9.56. The van der Waals surface area contributed by atoms with E-state index >= 15 is 0 Å². The minimum absolute atomic E-state index is 0.0299. The molecular formula is C13H13N3O3S. The van der Waals surface area contributed by atoms with E-state index < -0.39 is 12.0 Å². The number of hydrogen-bond donors (Lipinski definition) is 2. The van der Waals surface area contributed by atoms with Crippen molar-refractivity contribution >= 4 is 23.4 Å². The first kappa shape index (κ1) is 14.1. The van der Waals surface area contributed by atoms with E-state index in [1.54, 1.807) is 0 Å². The maximum atomic E-state index is 11.6. The van der Waals surface area contributed by atoms with Gasteiger partial charge in [0, 0.05) is 5.56 Å². The van der Waals surface area contributed by atoms with Crippen LogP contribution in [0.5, 0.6) is 0 Å². The molecule has 0 aliphatic rings. The molecule has 2 rings (SSSR count). The van der Waals surface area contributed by atoms with Gasteiger partial charge in [0.25, 0.3) is 0 Å². The van der Waals surface area contributed by atoms with E-state index in [-0.39, 0.29) is 12.3 Å². The number of hydrogen-bond acceptors (Lipinski definition) is 5. The largest absolute Gasteiger partial charge is 0.480 e. The average molecular weight is 291 g/mol. The molecule has 0 aliphatic heterocycles. The van der Waals surface area contributed by atoms with Gasteiger partial charge in [-0.2, -0.15) is 4.37 Å². The summed E-state index contributed by atoms with van der Waals surface area (Å²) in [6.45, 7) is 1.41. The van der Waals surface area contributed by atoms with Gasteiger partial charge in [-0.15, -0.1) is 0 Å². The molecule has 1 atom stereocenters. The molecule has 104 valence electrons. The summed E-state index contributed by atoms with van der Waals surface area (Å²) in [6, 6.07) is 8.53. The van der Waals surface area contributed by atoms with Crippen molar-refractivity contribution in [2.24, 2.45) is 0 Å². The molecule has 0 fully saturated rings. The Bertz CT molecular complexity index is 612. The van der Waals surface area contributed by atoms with Crippen LogP contribution in [0.3, 0.4) is 0 Å². The summed E-state index contributed by atoms with van der Waals surface area (Å²) >= 11 is 1.14. The molecular weight excluding hydrogens is 278 g/mol. The normalized spacial score (nSPS) is 11.8. The molecule has 2 N–H and O–H groups in total. The van der Waals surface area contributed by atoms with E-state index in [4.69, 9.17) is 5.11 Å². The fourth-order valence-electron chi connectivity index (χ4n) is 1.52. The molecule has 0 saturated carbocycles. The highest BCUT2D eigenvalue weighted by Crippen LogP contribution is 2.17. The van der Waals surface area contributed by atoms with Crippen molar-refractivity contribution in [3.05, 3.63) is 35.3 Å². The number of carbonyl (C=O) groups is 2. The maximum Gasteiger partial charge on any atom is 0.325 e. The minimum atomic E-state index is -1.07. The van der Waals surface area contributed by atoms with Gasteiger partial charge in [-0.05, 0) is 18.5 Å². The van der Waals surface area contributed by atoms with Crippen LogP contribution in [0.25, 0.3) is 11.4 Å². The lowest BCUT2D eigenvalue weighted by Gasteiger charge is -2.07. The number of carbonyl (C=O) groups excluding carboxylic acids is 1. The van der Waals surface area contributed by atoms with Crippen LogP contribution >= 0.6 is 11.5 Å². The van der Waals surface area contributed by atoms with Crippen molar-refractivity contribution in [3.8, 4) is 11.4 Å². The predicted molar refractivity (Wildman–Crippen MR) is 74.3 cm³/mol. The first-order valence-corrected chi connectivity index (χ1v) is 6.74. The van der Waals surface area contributed by atoms with Gasteiger partial charge in [0.05, 0.1) is 6.42 Å². The molecule has 1 aromatic heterocycles. The summed E-state index contributed by atoms with van der Waals surface area (Å²) in [6.07, 6.45) is 0.0299. The molecule has 2 aromatic rings. The van der Waals surface area contributed by atoms with E-state index in [9.17, 15) is 9.59 Å². The number of rotatable bonds is 5. The number of nitrogens with one attached hydrogen (secondary N) is 1. The second-order valence-electron chi connectivity index (χ2n) is 4.18. The van der Waals surface area contributed by atoms with E-state index in [1.165, 1.54) is 6.92 Å². The highest BCUT2D eigenvalue weighted by atomic mass is 32.1. The second-order valence-corrected chi connectivity index (χ2v) is 5.02. The van der Waals surface area contributed by atoms with Gasteiger partial charge >= 0.3 is 5.97 Å². The van der Waals surface area contributed by atoms with Crippen molar-refractivity contribution in [3.63, 3.8) is 0 Å². The molecule has 6 nitrogen and oxygen atoms in total. The molecule has 1 aromatic carbocycles. The molecule has 0 bridgehead atoms. The van der Waals surface area contributed by atoms with Crippen LogP contribution in [0.2, 0.25) is 0 Å². The third-order valence-corrected chi connectivity index (χ3v) is 3.27. The van der Waals surface area contributed by atoms with Crippen LogP contribution in [-0.2, 0) is 16.0 Å². The smallest absolute Gasteiger partial charge is 0.325 e.